The summed E-state index contributed by atoms with van der Waals surface area (Å²) in [5.41, 5.74) is 2.49. The third-order valence-electron chi connectivity index (χ3n) is 5.43. The Bertz CT molecular complexity index is 1010. The van der Waals surface area contributed by atoms with E-state index in [0.717, 1.165) is 23.6 Å². The second kappa shape index (κ2) is 7.61. The highest BCUT2D eigenvalue weighted by Crippen LogP contribution is 2.36. The van der Waals surface area contributed by atoms with Gasteiger partial charge in [0.15, 0.2) is 0 Å². The molecule has 2 aliphatic rings. The molecule has 5 nitrogen and oxygen atoms in total. The highest BCUT2D eigenvalue weighted by Gasteiger charge is 2.43. The van der Waals surface area contributed by atoms with Gasteiger partial charge in [-0.1, -0.05) is 29.8 Å². The van der Waals surface area contributed by atoms with Crippen molar-refractivity contribution in [2.75, 3.05) is 38.1 Å². The first kappa shape index (κ1) is 19.6. The molecule has 4 rings (SSSR count). The Kier molecular flexibility index (Phi) is 5.15. The molecule has 2 aromatic carbocycles. The van der Waals surface area contributed by atoms with Gasteiger partial charge in [0.2, 0.25) is 0 Å². The van der Waals surface area contributed by atoms with E-state index in [1.807, 2.05) is 18.9 Å². The van der Waals surface area contributed by atoms with Crippen molar-refractivity contribution in [3.8, 4) is 0 Å². The summed E-state index contributed by atoms with van der Waals surface area (Å²) >= 11 is 6.24. The van der Waals surface area contributed by atoms with Gasteiger partial charge in [0.05, 0.1) is 11.3 Å². The van der Waals surface area contributed by atoms with Crippen molar-refractivity contribution in [1.82, 2.24) is 9.80 Å². The number of imide groups is 1. The number of carbonyl (C=O) groups excluding carboxylic acids is 2. The van der Waals surface area contributed by atoms with E-state index in [4.69, 9.17) is 11.6 Å². The third kappa shape index (κ3) is 3.54. The third-order valence-corrected chi connectivity index (χ3v) is 5.83. The molecule has 0 aliphatic carbocycles. The Morgan fingerprint density at radius 1 is 0.931 bits per heavy atom. The number of aryl methyl sites for hydroxylation is 1. The van der Waals surface area contributed by atoms with Crippen LogP contribution in [0.15, 0.2) is 48.2 Å². The van der Waals surface area contributed by atoms with Gasteiger partial charge in [-0.2, -0.15) is 0 Å². The monoisotopic (exact) mass is 413 g/mol. The second-order valence-corrected chi connectivity index (χ2v) is 7.81. The molecule has 7 heteroatoms. The molecule has 0 saturated carbocycles. The molecule has 0 bridgehead atoms. The second-order valence-electron chi connectivity index (χ2n) is 7.40. The molecule has 0 N–H and O–H groups in total. The van der Waals surface area contributed by atoms with Crippen molar-refractivity contribution in [2.45, 2.75) is 6.92 Å². The fourth-order valence-corrected chi connectivity index (χ4v) is 3.85. The summed E-state index contributed by atoms with van der Waals surface area (Å²) in [6, 6.07) is 10.8. The smallest absolute Gasteiger partial charge is 0.282 e. The first-order chi connectivity index (χ1) is 13.9. The van der Waals surface area contributed by atoms with Crippen molar-refractivity contribution in [3.05, 3.63) is 70.1 Å². The Labute approximate surface area is 174 Å². The SMILES string of the molecule is Cc1ccc(N2C(=O)C(c3ccc(F)cc3)=C(N3CCN(C)CC3)C2=O)cc1Cl. The fourth-order valence-electron chi connectivity index (χ4n) is 3.67. The fraction of sp³-hybridized carbons (Fsp3) is 0.273. The van der Waals surface area contributed by atoms with Crippen LogP contribution in [0.4, 0.5) is 10.1 Å². The van der Waals surface area contributed by atoms with Crippen molar-refractivity contribution in [1.29, 1.82) is 0 Å². The number of amides is 2. The van der Waals surface area contributed by atoms with E-state index in [1.165, 1.54) is 24.3 Å². The van der Waals surface area contributed by atoms with E-state index >= 15 is 0 Å². The normalized spacial score (nSPS) is 18.2. The van der Waals surface area contributed by atoms with E-state index in [0.29, 0.717) is 40.6 Å². The van der Waals surface area contributed by atoms with Gasteiger partial charge in [-0.25, -0.2) is 9.29 Å². The van der Waals surface area contributed by atoms with E-state index in [9.17, 15) is 14.0 Å². The lowest BCUT2D eigenvalue weighted by atomic mass is 10.0. The maximum absolute atomic E-state index is 13.5. The Hall–Kier alpha value is -2.70. The van der Waals surface area contributed by atoms with Gasteiger partial charge >= 0.3 is 0 Å². The zero-order chi connectivity index (χ0) is 20.7. The molecule has 0 radical (unpaired) electrons. The predicted octanol–water partition coefficient (Wildman–Crippen LogP) is 3.32. The van der Waals surface area contributed by atoms with Crippen LogP contribution in [0.3, 0.4) is 0 Å². The minimum Gasteiger partial charge on any atom is -0.364 e. The maximum atomic E-state index is 13.5. The zero-order valence-electron chi connectivity index (χ0n) is 16.3. The first-order valence-corrected chi connectivity index (χ1v) is 9.83. The number of halogens is 2. The summed E-state index contributed by atoms with van der Waals surface area (Å²) in [6.07, 6.45) is 0. The number of hydrogen-bond donors (Lipinski definition) is 0. The van der Waals surface area contributed by atoms with Crippen LogP contribution in [0.5, 0.6) is 0 Å². The lowest BCUT2D eigenvalue weighted by Gasteiger charge is -2.34. The maximum Gasteiger partial charge on any atom is 0.282 e. The van der Waals surface area contributed by atoms with Gasteiger partial charge in [-0.3, -0.25) is 9.59 Å². The van der Waals surface area contributed by atoms with Crippen LogP contribution >= 0.6 is 11.6 Å². The number of benzene rings is 2. The Balaban J connectivity index is 1.81. The van der Waals surface area contributed by atoms with Gasteiger partial charge in [0, 0.05) is 31.2 Å². The molecule has 0 atom stereocenters. The average molecular weight is 414 g/mol. The number of anilines is 1. The van der Waals surface area contributed by atoms with Gasteiger partial charge < -0.3 is 9.80 Å². The van der Waals surface area contributed by atoms with Gasteiger partial charge in [-0.15, -0.1) is 0 Å². The van der Waals surface area contributed by atoms with Crippen LogP contribution in [0, 0.1) is 12.7 Å². The average Bonchev–Trinajstić information content (AvgIpc) is 2.96. The standard InChI is InChI=1S/C22H21ClFN3O2/c1-14-3-8-17(13-18(14)23)27-21(28)19(15-4-6-16(24)7-5-15)20(22(27)29)26-11-9-25(2)10-12-26/h3-8,13H,9-12H2,1-2H3. The summed E-state index contributed by atoms with van der Waals surface area (Å²) < 4.78 is 13.5. The van der Waals surface area contributed by atoms with Crippen LogP contribution in [0.25, 0.3) is 5.57 Å². The number of nitrogens with zero attached hydrogens (tertiary/aromatic N) is 3. The molecule has 0 aromatic heterocycles. The van der Waals surface area contributed by atoms with Crippen LogP contribution in [0.2, 0.25) is 5.02 Å². The van der Waals surface area contributed by atoms with Crippen molar-refractivity contribution < 1.29 is 14.0 Å². The molecule has 0 unspecified atom stereocenters. The minimum absolute atomic E-state index is 0.302. The molecule has 2 aromatic rings. The van der Waals surface area contributed by atoms with Gasteiger partial charge in [0.25, 0.3) is 11.8 Å². The number of piperazine rings is 1. The largest absolute Gasteiger partial charge is 0.364 e. The van der Waals surface area contributed by atoms with Crippen molar-refractivity contribution in [3.63, 3.8) is 0 Å². The minimum atomic E-state index is -0.421. The van der Waals surface area contributed by atoms with Crippen molar-refractivity contribution >= 4 is 34.7 Å². The quantitative estimate of drug-likeness (QED) is 0.724. The molecule has 150 valence electrons. The van der Waals surface area contributed by atoms with Crippen LogP contribution < -0.4 is 4.90 Å². The lowest BCUT2D eigenvalue weighted by Crippen LogP contribution is -2.46. The zero-order valence-corrected chi connectivity index (χ0v) is 17.0. The van der Waals surface area contributed by atoms with E-state index in [1.54, 1.807) is 18.2 Å². The summed E-state index contributed by atoms with van der Waals surface area (Å²) in [5, 5.41) is 0.486. The van der Waals surface area contributed by atoms with E-state index in [-0.39, 0.29) is 5.91 Å². The molecular formula is C22H21ClFN3O2. The molecule has 1 saturated heterocycles. The van der Waals surface area contributed by atoms with Gasteiger partial charge in [0.1, 0.15) is 11.5 Å². The van der Waals surface area contributed by atoms with E-state index < -0.39 is 11.7 Å². The highest BCUT2D eigenvalue weighted by molar-refractivity contribution is 6.45. The molecule has 1 fully saturated rings. The molecular weight excluding hydrogens is 393 g/mol. The molecule has 2 aliphatic heterocycles. The molecule has 29 heavy (non-hydrogen) atoms. The summed E-state index contributed by atoms with van der Waals surface area (Å²) in [4.78, 5) is 32.1. The van der Waals surface area contributed by atoms with Crippen LogP contribution in [-0.2, 0) is 9.59 Å². The van der Waals surface area contributed by atoms with Gasteiger partial charge in [-0.05, 0) is 49.4 Å². The van der Waals surface area contributed by atoms with Crippen molar-refractivity contribution in [2.24, 2.45) is 0 Å². The Morgan fingerprint density at radius 2 is 1.59 bits per heavy atom. The lowest BCUT2D eigenvalue weighted by molar-refractivity contribution is -0.120. The number of likely N-dealkylation sites (N-methyl/N-ethyl adjacent to an activating group) is 1. The Morgan fingerprint density at radius 3 is 2.21 bits per heavy atom. The number of hydrogen-bond acceptors (Lipinski definition) is 4. The topological polar surface area (TPSA) is 43.9 Å². The highest BCUT2D eigenvalue weighted by atomic mass is 35.5. The molecule has 2 heterocycles. The van der Waals surface area contributed by atoms with E-state index in [2.05, 4.69) is 4.90 Å². The van der Waals surface area contributed by atoms with Crippen LogP contribution in [-0.4, -0.2) is 54.8 Å². The summed E-state index contributed by atoms with van der Waals surface area (Å²) in [7, 11) is 2.02. The first-order valence-electron chi connectivity index (χ1n) is 9.45. The van der Waals surface area contributed by atoms with Crippen LogP contribution in [0.1, 0.15) is 11.1 Å². The predicted molar refractivity (Wildman–Crippen MR) is 111 cm³/mol. The summed E-state index contributed by atoms with van der Waals surface area (Å²) in [5.74, 6) is -1.19. The number of rotatable bonds is 3. The molecule has 2 amide bonds. The summed E-state index contributed by atoms with van der Waals surface area (Å²) in [6.45, 7) is 4.71. The molecule has 0 spiro atoms. The number of carbonyl (C=O) groups is 2.